The molecule has 0 aliphatic heterocycles. The van der Waals surface area contributed by atoms with E-state index in [0.29, 0.717) is 17.7 Å². The van der Waals surface area contributed by atoms with E-state index in [1.807, 2.05) is 6.92 Å². The average Bonchev–Trinajstić information content (AvgIpc) is 3.14. The van der Waals surface area contributed by atoms with Crippen molar-refractivity contribution in [2.24, 2.45) is 0 Å². The van der Waals surface area contributed by atoms with Crippen molar-refractivity contribution < 1.29 is 4.39 Å². The van der Waals surface area contributed by atoms with Gasteiger partial charge < -0.3 is 0 Å². The molecule has 0 amide bonds. The number of nitrogens with zero attached hydrogens (tertiary/aromatic N) is 6. The first-order chi connectivity index (χ1) is 14.2. The van der Waals surface area contributed by atoms with Gasteiger partial charge in [-0.05, 0) is 37.0 Å². The van der Waals surface area contributed by atoms with Crippen LogP contribution in [0, 0.1) is 5.82 Å². The van der Waals surface area contributed by atoms with E-state index in [1.165, 1.54) is 18.6 Å². The number of benzene rings is 1. The summed E-state index contributed by atoms with van der Waals surface area (Å²) < 4.78 is 16.7. The van der Waals surface area contributed by atoms with Crippen LogP contribution in [0.3, 0.4) is 0 Å². The van der Waals surface area contributed by atoms with Crippen LogP contribution in [0.25, 0.3) is 27.9 Å². The summed E-state index contributed by atoms with van der Waals surface area (Å²) in [7, 11) is 0. The fraction of sp³-hybridized carbons (Fsp3) is 0.381. The molecule has 4 aromatic rings. The summed E-state index contributed by atoms with van der Waals surface area (Å²) in [4.78, 5) is 17.6. The van der Waals surface area contributed by atoms with E-state index < -0.39 is 0 Å². The first kappa shape index (κ1) is 17.9. The minimum absolute atomic E-state index is 0.171. The van der Waals surface area contributed by atoms with E-state index in [0.717, 1.165) is 42.5 Å². The normalized spacial score (nSPS) is 15.4. The predicted octanol–water partition coefficient (Wildman–Crippen LogP) is 3.71. The maximum Gasteiger partial charge on any atom is 0.283 e. The van der Waals surface area contributed by atoms with Crippen LogP contribution in [-0.2, 0) is 6.42 Å². The standard InChI is InChI=1S/C21H21FN6O/c1-2-16-17(13-8-10-14(22)11-9-13)19-25-24-18-20(28(19)26-16)23-12-27(21(18)29)15-6-4-3-5-7-15/h8-12,15H,2-7H2,1H3. The molecule has 1 aromatic carbocycles. The van der Waals surface area contributed by atoms with Crippen molar-refractivity contribution in [1.29, 1.82) is 0 Å². The fourth-order valence-corrected chi connectivity index (χ4v) is 4.26. The quantitative estimate of drug-likeness (QED) is 0.531. The molecular formula is C21H21FN6O. The zero-order valence-corrected chi connectivity index (χ0v) is 16.2. The molecule has 0 atom stereocenters. The van der Waals surface area contributed by atoms with Crippen molar-refractivity contribution in [2.45, 2.75) is 51.5 Å². The van der Waals surface area contributed by atoms with Crippen LogP contribution in [0.5, 0.6) is 0 Å². The maximum atomic E-state index is 13.4. The van der Waals surface area contributed by atoms with Crippen molar-refractivity contribution in [3.05, 3.63) is 52.5 Å². The van der Waals surface area contributed by atoms with E-state index in [1.54, 1.807) is 27.5 Å². The molecule has 5 rings (SSSR count). The lowest BCUT2D eigenvalue weighted by atomic mass is 9.95. The van der Waals surface area contributed by atoms with Gasteiger partial charge in [-0.15, -0.1) is 10.2 Å². The Balaban J connectivity index is 1.72. The molecule has 0 unspecified atom stereocenters. The molecule has 3 aromatic heterocycles. The molecule has 3 heterocycles. The summed E-state index contributed by atoms with van der Waals surface area (Å²) in [5.41, 5.74) is 3.37. The molecule has 0 saturated heterocycles. The molecule has 0 bridgehead atoms. The van der Waals surface area contributed by atoms with Crippen LogP contribution >= 0.6 is 0 Å². The molecule has 0 radical (unpaired) electrons. The second-order valence-electron chi connectivity index (χ2n) is 7.54. The number of aromatic nitrogens is 6. The van der Waals surface area contributed by atoms with Gasteiger partial charge in [0.1, 0.15) is 12.1 Å². The van der Waals surface area contributed by atoms with Crippen molar-refractivity contribution >= 4 is 16.8 Å². The first-order valence-electron chi connectivity index (χ1n) is 10.1. The Morgan fingerprint density at radius 2 is 1.83 bits per heavy atom. The highest BCUT2D eigenvalue weighted by Gasteiger charge is 2.22. The molecule has 0 N–H and O–H groups in total. The highest BCUT2D eigenvalue weighted by atomic mass is 19.1. The Morgan fingerprint density at radius 3 is 2.55 bits per heavy atom. The zero-order valence-electron chi connectivity index (χ0n) is 16.2. The van der Waals surface area contributed by atoms with Crippen LogP contribution in [0.15, 0.2) is 35.4 Å². The predicted molar refractivity (Wildman–Crippen MR) is 107 cm³/mol. The van der Waals surface area contributed by atoms with Gasteiger partial charge in [0, 0.05) is 6.04 Å². The second-order valence-corrected chi connectivity index (χ2v) is 7.54. The smallest absolute Gasteiger partial charge is 0.283 e. The fourth-order valence-electron chi connectivity index (χ4n) is 4.26. The van der Waals surface area contributed by atoms with Gasteiger partial charge in [-0.3, -0.25) is 9.36 Å². The summed E-state index contributed by atoms with van der Waals surface area (Å²) in [5.74, 6) is -0.301. The van der Waals surface area contributed by atoms with Crippen molar-refractivity contribution in [3.63, 3.8) is 0 Å². The lowest BCUT2D eigenvalue weighted by Crippen LogP contribution is -2.28. The number of halogens is 1. The summed E-state index contributed by atoms with van der Waals surface area (Å²) >= 11 is 0. The van der Waals surface area contributed by atoms with Crippen LogP contribution in [0.2, 0.25) is 0 Å². The third kappa shape index (κ3) is 2.90. The molecule has 1 aliphatic carbocycles. The van der Waals surface area contributed by atoms with Gasteiger partial charge in [0.25, 0.3) is 5.56 Å². The lowest BCUT2D eigenvalue weighted by Gasteiger charge is -2.23. The first-order valence-corrected chi connectivity index (χ1v) is 10.1. The highest BCUT2D eigenvalue weighted by Crippen LogP contribution is 2.30. The number of hydrogen-bond acceptors (Lipinski definition) is 5. The third-order valence-corrected chi connectivity index (χ3v) is 5.77. The van der Waals surface area contributed by atoms with Gasteiger partial charge in [-0.2, -0.15) is 9.61 Å². The largest absolute Gasteiger partial charge is 0.294 e. The summed E-state index contributed by atoms with van der Waals surface area (Å²) in [6.45, 7) is 1.99. The van der Waals surface area contributed by atoms with Gasteiger partial charge >= 0.3 is 0 Å². The molecule has 148 valence electrons. The molecule has 7 nitrogen and oxygen atoms in total. The number of hydrogen-bond donors (Lipinski definition) is 0. The van der Waals surface area contributed by atoms with E-state index >= 15 is 0 Å². The van der Waals surface area contributed by atoms with Crippen LogP contribution in [0.4, 0.5) is 4.39 Å². The lowest BCUT2D eigenvalue weighted by molar-refractivity contribution is 0.344. The van der Waals surface area contributed by atoms with Gasteiger partial charge in [0.2, 0.25) is 0 Å². The number of fused-ring (bicyclic) bond motifs is 3. The Labute approximate surface area is 166 Å². The molecule has 29 heavy (non-hydrogen) atoms. The van der Waals surface area contributed by atoms with Crippen LogP contribution < -0.4 is 5.56 Å². The Kier molecular flexibility index (Phi) is 4.34. The minimum atomic E-state index is -0.301. The molecule has 1 saturated carbocycles. The average molecular weight is 392 g/mol. The van der Waals surface area contributed by atoms with E-state index in [4.69, 9.17) is 0 Å². The van der Waals surface area contributed by atoms with Gasteiger partial charge in [-0.1, -0.05) is 38.3 Å². The van der Waals surface area contributed by atoms with Gasteiger partial charge in [0.15, 0.2) is 16.8 Å². The van der Waals surface area contributed by atoms with Crippen molar-refractivity contribution in [2.75, 3.05) is 0 Å². The summed E-state index contributed by atoms with van der Waals surface area (Å²) in [6, 6.07) is 6.39. The van der Waals surface area contributed by atoms with Gasteiger partial charge in [0.05, 0.1) is 11.3 Å². The monoisotopic (exact) mass is 392 g/mol. The molecule has 1 fully saturated rings. The topological polar surface area (TPSA) is 78.0 Å². The molecule has 1 aliphatic rings. The Bertz CT molecular complexity index is 1250. The van der Waals surface area contributed by atoms with Crippen molar-refractivity contribution in [3.8, 4) is 11.1 Å². The zero-order chi connectivity index (χ0) is 20.0. The van der Waals surface area contributed by atoms with Crippen molar-refractivity contribution in [1.82, 2.24) is 29.4 Å². The Hall–Kier alpha value is -3.16. The highest BCUT2D eigenvalue weighted by molar-refractivity contribution is 5.83. The Morgan fingerprint density at radius 1 is 1.07 bits per heavy atom. The summed E-state index contributed by atoms with van der Waals surface area (Å²) in [5, 5.41) is 13.2. The molecule has 8 heteroatoms. The third-order valence-electron chi connectivity index (χ3n) is 5.77. The van der Waals surface area contributed by atoms with E-state index in [2.05, 4.69) is 20.3 Å². The maximum absolute atomic E-state index is 13.4. The summed E-state index contributed by atoms with van der Waals surface area (Å²) in [6.07, 6.45) is 7.72. The SMILES string of the molecule is CCc1nn2c(nnc3c(=O)n(C4CCCCC4)cnc32)c1-c1ccc(F)cc1. The minimum Gasteiger partial charge on any atom is -0.294 e. The van der Waals surface area contributed by atoms with Crippen LogP contribution in [-0.4, -0.2) is 29.4 Å². The van der Waals surface area contributed by atoms with E-state index in [9.17, 15) is 9.18 Å². The van der Waals surface area contributed by atoms with E-state index in [-0.39, 0.29) is 22.9 Å². The van der Waals surface area contributed by atoms with Gasteiger partial charge in [-0.25, -0.2) is 9.37 Å². The number of aryl methyl sites for hydroxylation is 1. The molecule has 0 spiro atoms. The molecular weight excluding hydrogens is 371 g/mol. The number of rotatable bonds is 3. The second kappa shape index (κ2) is 7.02. The van der Waals surface area contributed by atoms with Crippen LogP contribution in [0.1, 0.15) is 50.8 Å².